The maximum Gasteiger partial charge on any atom is 0.00981 e. The molecule has 0 aromatic heterocycles. The van der Waals surface area contributed by atoms with Gasteiger partial charge in [-0.05, 0) is 44.1 Å². The third kappa shape index (κ3) is 5.25. The van der Waals surface area contributed by atoms with Crippen molar-refractivity contribution >= 4 is 0 Å². The maximum atomic E-state index is 3.85. The van der Waals surface area contributed by atoms with E-state index in [4.69, 9.17) is 0 Å². The van der Waals surface area contributed by atoms with Crippen molar-refractivity contribution in [2.45, 2.75) is 71.3 Å². The summed E-state index contributed by atoms with van der Waals surface area (Å²) in [6.07, 6.45) is 13.1. The van der Waals surface area contributed by atoms with Crippen LogP contribution >= 0.6 is 0 Å². The minimum absolute atomic E-state index is 0.737. The molecule has 0 aromatic rings. The van der Waals surface area contributed by atoms with E-state index in [0.29, 0.717) is 0 Å². The van der Waals surface area contributed by atoms with Crippen LogP contribution in [0.5, 0.6) is 0 Å². The minimum Gasteiger partial charge on any atom is -0.314 e. The molecule has 0 aromatic carbocycles. The van der Waals surface area contributed by atoms with E-state index in [1.165, 1.54) is 44.9 Å². The van der Waals surface area contributed by atoms with Crippen LogP contribution in [0, 0.1) is 11.8 Å². The van der Waals surface area contributed by atoms with Crippen LogP contribution in [0.4, 0.5) is 0 Å². The van der Waals surface area contributed by atoms with Crippen molar-refractivity contribution in [1.29, 1.82) is 0 Å². The van der Waals surface area contributed by atoms with E-state index in [1.807, 2.05) is 0 Å². The first kappa shape index (κ1) is 14.8. The molecule has 0 heterocycles. The zero-order valence-corrected chi connectivity index (χ0v) is 11.9. The third-order valence-electron chi connectivity index (χ3n) is 4.31. The Hall–Kier alpha value is -0.300. The monoisotopic (exact) mass is 237 g/mol. The summed E-state index contributed by atoms with van der Waals surface area (Å²) in [6, 6.07) is 0.737. The lowest BCUT2D eigenvalue weighted by atomic mass is 9.76. The van der Waals surface area contributed by atoms with Crippen LogP contribution in [0.1, 0.15) is 65.2 Å². The third-order valence-corrected chi connectivity index (χ3v) is 4.31. The maximum absolute atomic E-state index is 3.85. The Morgan fingerprint density at radius 2 is 1.94 bits per heavy atom. The Kier molecular flexibility index (Phi) is 7.59. The number of hydrogen-bond acceptors (Lipinski definition) is 1. The quantitative estimate of drug-likeness (QED) is 0.611. The highest BCUT2D eigenvalue weighted by Gasteiger charge is 2.26. The summed E-state index contributed by atoms with van der Waals surface area (Å²) >= 11 is 0. The summed E-state index contributed by atoms with van der Waals surface area (Å²) in [5.74, 6) is 1.95. The van der Waals surface area contributed by atoms with Gasteiger partial charge in [0.2, 0.25) is 0 Å². The zero-order chi connectivity index (χ0) is 12.5. The molecular weight excluding hydrogens is 206 g/mol. The Bertz CT molecular complexity index is 192. The average molecular weight is 237 g/mol. The van der Waals surface area contributed by atoms with Gasteiger partial charge < -0.3 is 5.32 Å². The molecule has 0 aliphatic heterocycles. The molecule has 1 nitrogen and oxygen atoms in total. The Balaban J connectivity index is 2.34. The lowest BCUT2D eigenvalue weighted by Crippen LogP contribution is -2.38. The molecule has 0 amide bonds. The van der Waals surface area contributed by atoms with Gasteiger partial charge in [0, 0.05) is 6.04 Å². The second-order valence-electron chi connectivity index (χ2n) is 5.60. The number of rotatable bonds is 8. The second kappa shape index (κ2) is 8.74. The molecule has 0 spiro atoms. The van der Waals surface area contributed by atoms with Crippen molar-refractivity contribution < 1.29 is 0 Å². The van der Waals surface area contributed by atoms with E-state index >= 15 is 0 Å². The van der Waals surface area contributed by atoms with Gasteiger partial charge in [-0.25, -0.2) is 0 Å². The van der Waals surface area contributed by atoms with Gasteiger partial charge in [0.25, 0.3) is 0 Å². The van der Waals surface area contributed by atoms with Gasteiger partial charge in [-0.3, -0.25) is 0 Å². The van der Waals surface area contributed by atoms with Gasteiger partial charge in [-0.15, -0.1) is 6.58 Å². The van der Waals surface area contributed by atoms with Crippen LogP contribution in [0.2, 0.25) is 0 Å². The highest BCUT2D eigenvalue weighted by Crippen LogP contribution is 2.34. The van der Waals surface area contributed by atoms with E-state index in [2.05, 4.69) is 31.8 Å². The van der Waals surface area contributed by atoms with E-state index in [0.717, 1.165) is 30.8 Å². The molecule has 1 heteroatoms. The molecule has 1 aliphatic carbocycles. The molecule has 1 unspecified atom stereocenters. The van der Waals surface area contributed by atoms with E-state index in [1.54, 1.807) is 0 Å². The summed E-state index contributed by atoms with van der Waals surface area (Å²) in [7, 11) is 0. The van der Waals surface area contributed by atoms with Crippen molar-refractivity contribution in [3.05, 3.63) is 12.7 Å². The molecule has 1 aliphatic rings. The molecular formula is C16H31N. The summed E-state index contributed by atoms with van der Waals surface area (Å²) in [4.78, 5) is 0. The highest BCUT2D eigenvalue weighted by molar-refractivity contribution is 4.83. The SMILES string of the molecule is C=CCCC(NCC)C1CCC(CCC)CC1. The first-order valence-corrected chi connectivity index (χ1v) is 7.66. The fourth-order valence-corrected chi connectivity index (χ4v) is 3.35. The normalized spacial score (nSPS) is 26.7. The molecule has 100 valence electrons. The summed E-state index contributed by atoms with van der Waals surface area (Å²) in [6.45, 7) is 9.50. The van der Waals surface area contributed by atoms with Gasteiger partial charge in [0.15, 0.2) is 0 Å². The average Bonchev–Trinajstić information content (AvgIpc) is 2.36. The molecule has 0 radical (unpaired) electrons. The summed E-state index contributed by atoms with van der Waals surface area (Å²) < 4.78 is 0. The number of hydrogen-bond donors (Lipinski definition) is 1. The summed E-state index contributed by atoms with van der Waals surface area (Å²) in [5.41, 5.74) is 0. The van der Waals surface area contributed by atoms with Crippen LogP contribution in [-0.4, -0.2) is 12.6 Å². The molecule has 1 atom stereocenters. The Morgan fingerprint density at radius 3 is 2.47 bits per heavy atom. The fourth-order valence-electron chi connectivity index (χ4n) is 3.35. The lowest BCUT2D eigenvalue weighted by molar-refractivity contribution is 0.209. The molecule has 1 fully saturated rings. The molecule has 17 heavy (non-hydrogen) atoms. The van der Waals surface area contributed by atoms with Crippen LogP contribution < -0.4 is 5.32 Å². The molecule has 1 saturated carbocycles. The molecule has 1 rings (SSSR count). The van der Waals surface area contributed by atoms with Crippen LogP contribution in [-0.2, 0) is 0 Å². The number of allylic oxidation sites excluding steroid dienone is 1. The van der Waals surface area contributed by atoms with Gasteiger partial charge in [0.1, 0.15) is 0 Å². The lowest BCUT2D eigenvalue weighted by Gasteiger charge is -2.34. The second-order valence-corrected chi connectivity index (χ2v) is 5.60. The van der Waals surface area contributed by atoms with Crippen molar-refractivity contribution in [2.24, 2.45) is 11.8 Å². The Labute approximate surface area is 108 Å². The van der Waals surface area contributed by atoms with E-state index in [9.17, 15) is 0 Å². The molecule has 0 saturated heterocycles. The molecule has 0 bridgehead atoms. The topological polar surface area (TPSA) is 12.0 Å². The standard InChI is InChI=1S/C16H31N/c1-4-7-9-16(17-6-3)15-12-10-14(8-5-2)11-13-15/h4,14-17H,1,5-13H2,2-3H3. The van der Waals surface area contributed by atoms with Crippen molar-refractivity contribution in [3.63, 3.8) is 0 Å². The minimum atomic E-state index is 0.737. The van der Waals surface area contributed by atoms with Gasteiger partial charge in [0.05, 0.1) is 0 Å². The van der Waals surface area contributed by atoms with Gasteiger partial charge >= 0.3 is 0 Å². The zero-order valence-electron chi connectivity index (χ0n) is 11.9. The first-order valence-electron chi connectivity index (χ1n) is 7.66. The van der Waals surface area contributed by atoms with Gasteiger partial charge in [-0.1, -0.05) is 45.6 Å². The van der Waals surface area contributed by atoms with Crippen molar-refractivity contribution in [1.82, 2.24) is 5.32 Å². The van der Waals surface area contributed by atoms with Crippen LogP contribution in [0.15, 0.2) is 12.7 Å². The van der Waals surface area contributed by atoms with E-state index in [-0.39, 0.29) is 0 Å². The van der Waals surface area contributed by atoms with Crippen LogP contribution in [0.25, 0.3) is 0 Å². The Morgan fingerprint density at radius 1 is 1.24 bits per heavy atom. The predicted octanol–water partition coefficient (Wildman–Crippen LogP) is 4.54. The largest absolute Gasteiger partial charge is 0.314 e. The first-order chi connectivity index (χ1) is 8.31. The number of nitrogens with one attached hydrogen (secondary N) is 1. The predicted molar refractivity (Wildman–Crippen MR) is 77.3 cm³/mol. The smallest absolute Gasteiger partial charge is 0.00981 e. The van der Waals surface area contributed by atoms with Gasteiger partial charge in [-0.2, -0.15) is 0 Å². The highest BCUT2D eigenvalue weighted by atomic mass is 14.9. The summed E-state index contributed by atoms with van der Waals surface area (Å²) in [5, 5.41) is 3.69. The van der Waals surface area contributed by atoms with Crippen LogP contribution in [0.3, 0.4) is 0 Å². The van der Waals surface area contributed by atoms with E-state index < -0.39 is 0 Å². The van der Waals surface area contributed by atoms with Crippen molar-refractivity contribution in [2.75, 3.05) is 6.54 Å². The van der Waals surface area contributed by atoms with Crippen molar-refractivity contribution in [3.8, 4) is 0 Å². The fraction of sp³-hybridized carbons (Fsp3) is 0.875. The molecule has 1 N–H and O–H groups in total.